The highest BCUT2D eigenvalue weighted by atomic mass is 127. The molecule has 0 radical (unpaired) electrons. The maximum Gasteiger partial charge on any atom is 0.193 e. The van der Waals surface area contributed by atoms with E-state index in [-0.39, 0.29) is 30.1 Å². The van der Waals surface area contributed by atoms with Gasteiger partial charge in [0, 0.05) is 39.8 Å². The summed E-state index contributed by atoms with van der Waals surface area (Å²) in [6, 6.07) is 11.3. The van der Waals surface area contributed by atoms with Gasteiger partial charge in [-0.25, -0.2) is 0 Å². The quantitative estimate of drug-likeness (QED) is 0.375. The number of morpholine rings is 1. The first kappa shape index (κ1) is 21.4. The summed E-state index contributed by atoms with van der Waals surface area (Å²) in [4.78, 5) is 9.67. The Kier molecular flexibility index (Phi) is 6.71. The third kappa shape index (κ3) is 4.44. The number of likely N-dealkylation sites (tertiary alicyclic amines) is 1. The number of ether oxygens (including phenoxy) is 1. The van der Waals surface area contributed by atoms with Crippen LogP contribution in [0.4, 0.5) is 0 Å². The van der Waals surface area contributed by atoms with Crippen LogP contribution < -0.4 is 5.32 Å². The molecule has 2 unspecified atom stereocenters. The van der Waals surface area contributed by atoms with E-state index in [1.165, 1.54) is 37.7 Å². The van der Waals surface area contributed by atoms with Gasteiger partial charge in [0.2, 0.25) is 0 Å². The Labute approximate surface area is 192 Å². The maximum absolute atomic E-state index is 6.15. The Hall–Kier alpha value is -0.860. The first-order valence-corrected chi connectivity index (χ1v) is 11.1. The molecule has 0 bridgehead atoms. The summed E-state index contributed by atoms with van der Waals surface area (Å²) in [7, 11) is 1.93. The van der Waals surface area contributed by atoms with Gasteiger partial charge in [-0.1, -0.05) is 36.8 Å². The van der Waals surface area contributed by atoms with Crippen LogP contribution in [-0.4, -0.2) is 67.7 Å². The van der Waals surface area contributed by atoms with E-state index in [9.17, 15) is 0 Å². The molecule has 4 fully saturated rings. The van der Waals surface area contributed by atoms with E-state index in [0.717, 1.165) is 51.2 Å². The molecule has 2 saturated heterocycles. The number of rotatable bonds is 5. The molecule has 160 valence electrons. The first-order chi connectivity index (χ1) is 13.8. The zero-order valence-corrected chi connectivity index (χ0v) is 19.9. The number of halogens is 1. The summed E-state index contributed by atoms with van der Waals surface area (Å²) in [6.07, 6.45) is 7.39. The SMILES string of the molecule is CN=C(NCC1(C2CC2)CCC1)N1CC2OCCN(Cc3ccccc3)C2C1.I. The molecule has 1 aromatic rings. The van der Waals surface area contributed by atoms with Crippen LogP contribution in [0.15, 0.2) is 35.3 Å². The van der Waals surface area contributed by atoms with Gasteiger partial charge in [0.15, 0.2) is 5.96 Å². The molecule has 1 N–H and O–H groups in total. The van der Waals surface area contributed by atoms with E-state index < -0.39 is 0 Å². The summed E-state index contributed by atoms with van der Waals surface area (Å²) < 4.78 is 6.15. The molecular formula is C23H35IN4O. The van der Waals surface area contributed by atoms with Crippen LogP contribution in [0.1, 0.15) is 37.7 Å². The van der Waals surface area contributed by atoms with Crippen LogP contribution in [0.25, 0.3) is 0 Å². The van der Waals surface area contributed by atoms with Crippen molar-refractivity contribution in [3.63, 3.8) is 0 Å². The fourth-order valence-electron chi connectivity index (χ4n) is 5.59. The van der Waals surface area contributed by atoms with E-state index in [1.54, 1.807) is 0 Å². The molecule has 29 heavy (non-hydrogen) atoms. The van der Waals surface area contributed by atoms with Crippen molar-refractivity contribution in [1.29, 1.82) is 0 Å². The molecule has 1 aromatic carbocycles. The third-order valence-corrected chi connectivity index (χ3v) is 7.55. The number of nitrogens with zero attached hydrogens (tertiary/aromatic N) is 3. The van der Waals surface area contributed by atoms with Crippen LogP contribution in [0.5, 0.6) is 0 Å². The summed E-state index contributed by atoms with van der Waals surface area (Å²) >= 11 is 0. The summed E-state index contributed by atoms with van der Waals surface area (Å²) in [6.45, 7) is 5.92. The lowest BCUT2D eigenvalue weighted by atomic mass is 9.65. The first-order valence-electron chi connectivity index (χ1n) is 11.1. The van der Waals surface area contributed by atoms with Gasteiger partial charge in [-0.3, -0.25) is 9.89 Å². The fraction of sp³-hybridized carbons (Fsp3) is 0.696. The number of benzene rings is 1. The maximum atomic E-state index is 6.15. The van der Waals surface area contributed by atoms with E-state index in [0.29, 0.717) is 11.5 Å². The number of hydrogen-bond acceptors (Lipinski definition) is 3. The summed E-state index contributed by atoms with van der Waals surface area (Å²) in [5, 5.41) is 3.75. The topological polar surface area (TPSA) is 40.1 Å². The summed E-state index contributed by atoms with van der Waals surface area (Å²) in [5.74, 6) is 2.04. The Bertz CT molecular complexity index is 704. The van der Waals surface area contributed by atoms with E-state index in [1.807, 2.05) is 7.05 Å². The second kappa shape index (κ2) is 9.10. The minimum absolute atomic E-state index is 0. The van der Waals surface area contributed by atoms with Crippen LogP contribution in [0.2, 0.25) is 0 Å². The Balaban J connectivity index is 0.00000205. The molecular weight excluding hydrogens is 475 g/mol. The van der Waals surface area contributed by atoms with Crippen LogP contribution in [-0.2, 0) is 11.3 Å². The molecule has 2 aliphatic carbocycles. The van der Waals surface area contributed by atoms with E-state index in [4.69, 9.17) is 4.74 Å². The Morgan fingerprint density at radius 2 is 2.00 bits per heavy atom. The molecule has 2 atom stereocenters. The molecule has 0 aromatic heterocycles. The average molecular weight is 510 g/mol. The Morgan fingerprint density at radius 3 is 2.66 bits per heavy atom. The highest BCUT2D eigenvalue weighted by molar-refractivity contribution is 14.0. The van der Waals surface area contributed by atoms with Gasteiger partial charge in [0.25, 0.3) is 0 Å². The molecule has 5 nitrogen and oxygen atoms in total. The molecule has 5 rings (SSSR count). The minimum Gasteiger partial charge on any atom is -0.373 e. The van der Waals surface area contributed by atoms with Crippen LogP contribution in [0, 0.1) is 11.3 Å². The molecule has 2 saturated carbocycles. The number of fused-ring (bicyclic) bond motifs is 1. The van der Waals surface area contributed by atoms with Gasteiger partial charge in [0.05, 0.1) is 18.8 Å². The van der Waals surface area contributed by atoms with Gasteiger partial charge >= 0.3 is 0 Å². The second-order valence-corrected chi connectivity index (χ2v) is 9.23. The van der Waals surface area contributed by atoms with Crippen molar-refractivity contribution in [3.8, 4) is 0 Å². The highest BCUT2D eigenvalue weighted by Gasteiger charge is 2.49. The van der Waals surface area contributed by atoms with E-state index >= 15 is 0 Å². The van der Waals surface area contributed by atoms with Crippen molar-refractivity contribution >= 4 is 29.9 Å². The van der Waals surface area contributed by atoms with Gasteiger partial charge in [-0.2, -0.15) is 0 Å². The normalized spacial score (nSPS) is 29.0. The lowest BCUT2D eigenvalue weighted by Crippen LogP contribution is -2.50. The van der Waals surface area contributed by atoms with Crippen molar-refractivity contribution in [2.75, 3.05) is 39.8 Å². The number of nitrogens with one attached hydrogen (secondary N) is 1. The largest absolute Gasteiger partial charge is 0.373 e. The monoisotopic (exact) mass is 510 g/mol. The predicted octanol–water partition coefficient (Wildman–Crippen LogP) is 3.35. The van der Waals surface area contributed by atoms with Crippen molar-refractivity contribution < 1.29 is 4.74 Å². The molecule has 0 amide bonds. The molecule has 0 spiro atoms. The lowest BCUT2D eigenvalue weighted by Gasteiger charge is -2.43. The van der Waals surface area contributed by atoms with Crippen molar-refractivity contribution in [2.45, 2.75) is 50.8 Å². The van der Waals surface area contributed by atoms with Gasteiger partial charge < -0.3 is 15.0 Å². The Morgan fingerprint density at radius 1 is 1.21 bits per heavy atom. The smallest absolute Gasteiger partial charge is 0.193 e. The van der Waals surface area contributed by atoms with Gasteiger partial charge in [-0.05, 0) is 42.6 Å². The van der Waals surface area contributed by atoms with Crippen LogP contribution in [0.3, 0.4) is 0 Å². The van der Waals surface area contributed by atoms with Crippen molar-refractivity contribution in [3.05, 3.63) is 35.9 Å². The molecule has 4 aliphatic rings. The summed E-state index contributed by atoms with van der Waals surface area (Å²) in [5.41, 5.74) is 1.96. The van der Waals surface area contributed by atoms with Crippen molar-refractivity contribution in [1.82, 2.24) is 15.1 Å². The van der Waals surface area contributed by atoms with Gasteiger partial charge in [-0.15, -0.1) is 24.0 Å². The number of aliphatic imine (C=N–C) groups is 1. The molecule has 2 aliphatic heterocycles. The zero-order chi connectivity index (χ0) is 19.0. The standard InChI is InChI=1S/C23H34N4O.HI/c1-24-22(25-17-23(10-5-11-23)19-8-9-19)27-15-20-21(16-27)28-13-12-26(20)14-18-6-3-2-4-7-18;/h2-4,6-7,19-21H,5,8-17H2,1H3,(H,24,25);1H. The lowest BCUT2D eigenvalue weighted by molar-refractivity contribution is -0.0502. The molecule has 2 heterocycles. The van der Waals surface area contributed by atoms with Crippen LogP contribution >= 0.6 is 24.0 Å². The zero-order valence-electron chi connectivity index (χ0n) is 17.6. The van der Waals surface area contributed by atoms with Gasteiger partial charge in [0.1, 0.15) is 0 Å². The number of guanidine groups is 1. The minimum atomic E-state index is 0. The number of hydrogen-bond donors (Lipinski definition) is 1. The highest BCUT2D eigenvalue weighted by Crippen LogP contribution is 2.56. The predicted molar refractivity (Wildman–Crippen MR) is 128 cm³/mol. The average Bonchev–Trinajstić information content (AvgIpc) is 3.44. The van der Waals surface area contributed by atoms with E-state index in [2.05, 4.69) is 50.4 Å². The second-order valence-electron chi connectivity index (χ2n) is 9.23. The fourth-order valence-corrected chi connectivity index (χ4v) is 5.59. The third-order valence-electron chi connectivity index (χ3n) is 7.55. The van der Waals surface area contributed by atoms with Crippen molar-refractivity contribution in [2.24, 2.45) is 16.3 Å². The molecule has 6 heteroatoms.